The molecule has 0 aliphatic carbocycles. The molecule has 4 heteroatoms. The first kappa shape index (κ1) is 16.6. The minimum atomic E-state index is 0.781. The molecule has 2 saturated heterocycles. The van der Waals surface area contributed by atoms with Gasteiger partial charge in [0.1, 0.15) is 0 Å². The summed E-state index contributed by atoms with van der Waals surface area (Å²) in [6.07, 6.45) is 11.8. The molecule has 122 valence electrons. The third-order valence-electron chi connectivity index (χ3n) is 5.00. The van der Waals surface area contributed by atoms with Gasteiger partial charge in [0.05, 0.1) is 0 Å². The van der Waals surface area contributed by atoms with Crippen molar-refractivity contribution in [3.63, 3.8) is 0 Å². The molecule has 21 heavy (non-hydrogen) atoms. The minimum Gasteiger partial charge on any atom is -0.370 e. The zero-order valence-corrected chi connectivity index (χ0v) is 13.9. The Morgan fingerprint density at radius 2 is 1.71 bits per heavy atom. The summed E-state index contributed by atoms with van der Waals surface area (Å²) in [7, 11) is 0. The van der Waals surface area contributed by atoms with Crippen molar-refractivity contribution in [2.45, 2.75) is 70.8 Å². The molecule has 0 aromatic rings. The molecule has 2 N–H and O–H groups in total. The fourth-order valence-electron chi connectivity index (χ4n) is 3.51. The van der Waals surface area contributed by atoms with E-state index in [-0.39, 0.29) is 0 Å². The Balaban J connectivity index is 1.60. The zero-order chi connectivity index (χ0) is 14.9. The van der Waals surface area contributed by atoms with Gasteiger partial charge in [-0.3, -0.25) is 4.99 Å². The van der Waals surface area contributed by atoms with Crippen molar-refractivity contribution in [1.29, 1.82) is 0 Å². The van der Waals surface area contributed by atoms with E-state index in [0.29, 0.717) is 0 Å². The van der Waals surface area contributed by atoms with Crippen LogP contribution >= 0.6 is 0 Å². The van der Waals surface area contributed by atoms with Gasteiger partial charge in [0.15, 0.2) is 5.96 Å². The maximum absolute atomic E-state index is 6.13. The van der Waals surface area contributed by atoms with Crippen molar-refractivity contribution in [2.24, 2.45) is 10.7 Å². The molecule has 0 bridgehead atoms. The number of aliphatic imine (C=N–C) groups is 1. The normalized spacial score (nSPS) is 25.9. The summed E-state index contributed by atoms with van der Waals surface area (Å²) in [6, 6.07) is 0.782. The number of nitrogens with zero attached hydrogens (tertiary/aromatic N) is 3. The van der Waals surface area contributed by atoms with Crippen LogP contribution in [0.25, 0.3) is 0 Å². The largest absolute Gasteiger partial charge is 0.370 e. The summed E-state index contributed by atoms with van der Waals surface area (Å²) in [5.41, 5.74) is 6.13. The highest BCUT2D eigenvalue weighted by Crippen LogP contribution is 2.16. The van der Waals surface area contributed by atoms with Crippen molar-refractivity contribution < 1.29 is 0 Å². The van der Waals surface area contributed by atoms with Gasteiger partial charge in [-0.1, -0.05) is 19.3 Å². The lowest BCUT2D eigenvalue weighted by Gasteiger charge is -2.33. The monoisotopic (exact) mass is 294 g/mol. The Hall–Kier alpha value is -0.770. The highest BCUT2D eigenvalue weighted by Gasteiger charge is 2.17. The maximum atomic E-state index is 6.13. The van der Waals surface area contributed by atoms with E-state index in [1.807, 2.05) is 0 Å². The van der Waals surface area contributed by atoms with Crippen LogP contribution in [0.4, 0.5) is 0 Å². The van der Waals surface area contributed by atoms with Gasteiger partial charge < -0.3 is 15.5 Å². The van der Waals surface area contributed by atoms with Crippen LogP contribution < -0.4 is 5.73 Å². The molecule has 0 radical (unpaired) electrons. The van der Waals surface area contributed by atoms with E-state index < -0.39 is 0 Å². The fourth-order valence-corrected chi connectivity index (χ4v) is 3.51. The molecule has 2 aliphatic rings. The van der Waals surface area contributed by atoms with Crippen molar-refractivity contribution in [2.75, 3.05) is 32.7 Å². The van der Waals surface area contributed by atoms with Crippen LogP contribution in [-0.4, -0.2) is 54.5 Å². The van der Waals surface area contributed by atoms with Gasteiger partial charge in [-0.15, -0.1) is 0 Å². The maximum Gasteiger partial charge on any atom is 0.191 e. The van der Waals surface area contributed by atoms with Gasteiger partial charge in [0, 0.05) is 25.7 Å². The predicted octanol–water partition coefficient (Wildman–Crippen LogP) is 2.83. The molecule has 2 rings (SSSR count). The summed E-state index contributed by atoms with van der Waals surface area (Å²) in [6.45, 7) is 7.99. The van der Waals surface area contributed by atoms with Gasteiger partial charge in [-0.2, -0.15) is 0 Å². The van der Waals surface area contributed by atoms with Crippen LogP contribution in [0, 0.1) is 0 Å². The molecule has 2 fully saturated rings. The molecule has 1 unspecified atom stereocenters. The van der Waals surface area contributed by atoms with E-state index in [4.69, 9.17) is 5.73 Å². The summed E-state index contributed by atoms with van der Waals surface area (Å²) in [5.74, 6) is 0.781. The Bertz CT molecular complexity index is 308. The van der Waals surface area contributed by atoms with E-state index in [1.165, 1.54) is 64.5 Å². The molecular weight excluding hydrogens is 260 g/mol. The number of hydrogen-bond donors (Lipinski definition) is 1. The smallest absolute Gasteiger partial charge is 0.191 e. The van der Waals surface area contributed by atoms with E-state index in [1.54, 1.807) is 0 Å². The Morgan fingerprint density at radius 1 is 1.00 bits per heavy atom. The lowest BCUT2D eigenvalue weighted by Crippen LogP contribution is -2.38. The first-order chi connectivity index (χ1) is 10.3. The second-order valence-corrected chi connectivity index (χ2v) is 6.73. The highest BCUT2D eigenvalue weighted by molar-refractivity contribution is 5.78. The average molecular weight is 294 g/mol. The minimum absolute atomic E-state index is 0.781. The summed E-state index contributed by atoms with van der Waals surface area (Å²) in [5, 5.41) is 0. The van der Waals surface area contributed by atoms with Crippen molar-refractivity contribution >= 4 is 5.96 Å². The standard InChI is InChI=1S/C17H34N4/c1-16-10-4-8-12-20(16)13-9-5-11-19-17(18)21-14-6-2-3-7-15-21/h16H,2-15H2,1H3,(H2,18,19). The molecule has 2 aliphatic heterocycles. The molecule has 4 nitrogen and oxygen atoms in total. The third-order valence-corrected chi connectivity index (χ3v) is 5.00. The molecule has 0 spiro atoms. The van der Waals surface area contributed by atoms with Crippen molar-refractivity contribution in [3.05, 3.63) is 0 Å². The van der Waals surface area contributed by atoms with Crippen LogP contribution in [0.2, 0.25) is 0 Å². The van der Waals surface area contributed by atoms with Crippen LogP contribution in [-0.2, 0) is 0 Å². The van der Waals surface area contributed by atoms with Gasteiger partial charge in [0.25, 0.3) is 0 Å². The number of rotatable bonds is 5. The number of unbranched alkanes of at least 4 members (excludes halogenated alkanes) is 1. The number of likely N-dealkylation sites (tertiary alicyclic amines) is 2. The second kappa shape index (κ2) is 9.29. The lowest BCUT2D eigenvalue weighted by atomic mass is 10.0. The fraction of sp³-hybridized carbons (Fsp3) is 0.941. The first-order valence-corrected chi connectivity index (χ1v) is 9.06. The quantitative estimate of drug-likeness (QED) is 0.482. The van der Waals surface area contributed by atoms with Gasteiger partial charge >= 0.3 is 0 Å². The molecule has 0 aromatic heterocycles. The first-order valence-electron chi connectivity index (χ1n) is 9.06. The van der Waals surface area contributed by atoms with Crippen molar-refractivity contribution in [1.82, 2.24) is 9.80 Å². The highest BCUT2D eigenvalue weighted by atomic mass is 15.2. The molecule has 0 saturated carbocycles. The number of hydrogen-bond acceptors (Lipinski definition) is 2. The van der Waals surface area contributed by atoms with Gasteiger partial charge in [0.2, 0.25) is 0 Å². The van der Waals surface area contributed by atoms with Crippen LogP contribution in [0.3, 0.4) is 0 Å². The second-order valence-electron chi connectivity index (χ2n) is 6.73. The van der Waals surface area contributed by atoms with Crippen LogP contribution in [0.1, 0.15) is 64.7 Å². The number of nitrogens with two attached hydrogens (primary N) is 1. The SMILES string of the molecule is CC1CCCCN1CCCCN=C(N)N1CCCCCC1. The topological polar surface area (TPSA) is 44.9 Å². The third kappa shape index (κ3) is 5.85. The molecule has 0 aromatic carbocycles. The number of guanidine groups is 1. The van der Waals surface area contributed by atoms with E-state index in [9.17, 15) is 0 Å². The van der Waals surface area contributed by atoms with Crippen LogP contribution in [0.15, 0.2) is 4.99 Å². The average Bonchev–Trinajstić information content (AvgIpc) is 2.77. The summed E-state index contributed by atoms with van der Waals surface area (Å²) in [4.78, 5) is 9.51. The van der Waals surface area contributed by atoms with E-state index in [2.05, 4.69) is 21.7 Å². The van der Waals surface area contributed by atoms with E-state index >= 15 is 0 Å². The summed E-state index contributed by atoms with van der Waals surface area (Å²) < 4.78 is 0. The molecule has 1 atom stereocenters. The van der Waals surface area contributed by atoms with Gasteiger partial charge in [-0.25, -0.2) is 0 Å². The molecule has 0 amide bonds. The van der Waals surface area contributed by atoms with Gasteiger partial charge in [-0.05, 0) is 58.5 Å². The molecule has 2 heterocycles. The Morgan fingerprint density at radius 3 is 2.43 bits per heavy atom. The predicted molar refractivity (Wildman–Crippen MR) is 90.7 cm³/mol. The number of piperidine rings is 1. The Labute approximate surface area is 130 Å². The zero-order valence-electron chi connectivity index (χ0n) is 13.9. The summed E-state index contributed by atoms with van der Waals surface area (Å²) >= 11 is 0. The van der Waals surface area contributed by atoms with Crippen LogP contribution in [0.5, 0.6) is 0 Å². The Kier molecular flexibility index (Phi) is 7.34. The van der Waals surface area contributed by atoms with E-state index in [0.717, 1.165) is 38.1 Å². The van der Waals surface area contributed by atoms with Crippen molar-refractivity contribution in [3.8, 4) is 0 Å². The lowest BCUT2D eigenvalue weighted by molar-refractivity contribution is 0.158. The molecular formula is C17H34N4.